The summed E-state index contributed by atoms with van der Waals surface area (Å²) in [5, 5.41) is 0. The van der Waals surface area contributed by atoms with E-state index in [1.807, 2.05) is 13.0 Å². The van der Waals surface area contributed by atoms with Crippen molar-refractivity contribution in [2.24, 2.45) is 17.3 Å². The molecule has 0 bridgehead atoms. The number of benzene rings is 1. The Morgan fingerprint density at radius 1 is 1.31 bits per heavy atom. The second-order valence-corrected chi connectivity index (χ2v) is 8.96. The predicted molar refractivity (Wildman–Crippen MR) is 106 cm³/mol. The molecular weight excluding hydrogens is 344 g/mol. The van der Waals surface area contributed by atoms with Crippen molar-refractivity contribution in [2.75, 3.05) is 12.5 Å². The molecule has 0 spiro atoms. The number of halogens is 1. The van der Waals surface area contributed by atoms with E-state index in [0.29, 0.717) is 36.0 Å². The van der Waals surface area contributed by atoms with Crippen LogP contribution >= 0.6 is 11.6 Å². The molecule has 2 saturated carbocycles. The molecule has 2 nitrogen and oxygen atoms in total. The van der Waals surface area contributed by atoms with Crippen LogP contribution in [-0.2, 0) is 11.2 Å². The van der Waals surface area contributed by atoms with Crippen LogP contribution in [0.5, 0.6) is 5.75 Å². The average molecular weight is 373 g/mol. The Balaban J connectivity index is 1.52. The molecule has 26 heavy (non-hydrogen) atoms. The first-order chi connectivity index (χ1) is 12.5. The summed E-state index contributed by atoms with van der Waals surface area (Å²) in [5.74, 6) is 3.96. The third kappa shape index (κ3) is 3.01. The van der Waals surface area contributed by atoms with Crippen molar-refractivity contribution in [3.8, 4) is 5.75 Å². The highest BCUT2D eigenvalue weighted by Gasteiger charge is 2.54. The SMILES string of the molecule is C/C(=C\COc1ccc2c(c1)CC[C@@H]1[C@@H]2CC[C@]2(C)C(=O)CC[C@@H]12)CCl. The summed E-state index contributed by atoms with van der Waals surface area (Å²) in [6.07, 6.45) is 8.52. The second-order valence-electron chi connectivity index (χ2n) is 8.69. The number of alkyl halides is 1. The zero-order valence-corrected chi connectivity index (χ0v) is 16.6. The molecule has 3 aliphatic rings. The number of fused-ring (bicyclic) bond motifs is 5. The Kier molecular flexibility index (Phi) is 4.90. The molecule has 0 N–H and O–H groups in total. The lowest BCUT2D eigenvalue weighted by molar-refractivity contribution is -0.129. The van der Waals surface area contributed by atoms with Gasteiger partial charge in [-0.1, -0.05) is 18.6 Å². The van der Waals surface area contributed by atoms with Crippen molar-refractivity contribution in [3.63, 3.8) is 0 Å². The molecule has 1 aromatic carbocycles. The molecule has 3 heteroatoms. The van der Waals surface area contributed by atoms with Crippen LogP contribution in [0.25, 0.3) is 0 Å². The maximum atomic E-state index is 12.4. The number of rotatable bonds is 4. The maximum Gasteiger partial charge on any atom is 0.139 e. The van der Waals surface area contributed by atoms with Crippen LogP contribution in [0.1, 0.15) is 63.0 Å². The van der Waals surface area contributed by atoms with Gasteiger partial charge in [0.1, 0.15) is 18.1 Å². The summed E-state index contributed by atoms with van der Waals surface area (Å²) in [6, 6.07) is 6.65. The van der Waals surface area contributed by atoms with Gasteiger partial charge in [0.15, 0.2) is 0 Å². The summed E-state index contributed by atoms with van der Waals surface area (Å²) in [6.45, 7) is 4.84. The van der Waals surface area contributed by atoms with Crippen molar-refractivity contribution >= 4 is 17.4 Å². The summed E-state index contributed by atoms with van der Waals surface area (Å²) in [7, 11) is 0. The molecule has 0 aromatic heterocycles. The minimum absolute atomic E-state index is 0.0334. The van der Waals surface area contributed by atoms with E-state index < -0.39 is 0 Å². The van der Waals surface area contributed by atoms with E-state index in [2.05, 4.69) is 25.1 Å². The van der Waals surface area contributed by atoms with E-state index in [0.717, 1.165) is 43.4 Å². The van der Waals surface area contributed by atoms with Gasteiger partial charge in [0.05, 0.1) is 0 Å². The quantitative estimate of drug-likeness (QED) is 0.502. The van der Waals surface area contributed by atoms with Crippen molar-refractivity contribution in [1.82, 2.24) is 0 Å². The number of aryl methyl sites for hydroxylation is 1. The minimum atomic E-state index is -0.0334. The molecule has 0 radical (unpaired) electrons. The van der Waals surface area contributed by atoms with Gasteiger partial charge < -0.3 is 4.74 Å². The molecule has 0 aliphatic heterocycles. The van der Waals surface area contributed by atoms with Crippen LogP contribution in [0.2, 0.25) is 0 Å². The fourth-order valence-electron chi connectivity index (χ4n) is 5.75. The van der Waals surface area contributed by atoms with Crippen LogP contribution in [0.3, 0.4) is 0 Å². The van der Waals surface area contributed by atoms with Gasteiger partial charge >= 0.3 is 0 Å². The van der Waals surface area contributed by atoms with Crippen LogP contribution in [0.15, 0.2) is 29.8 Å². The van der Waals surface area contributed by atoms with Crippen molar-refractivity contribution in [3.05, 3.63) is 41.0 Å². The number of ether oxygens (including phenoxy) is 1. The Bertz CT molecular complexity index is 738. The third-order valence-electron chi connectivity index (χ3n) is 7.30. The number of allylic oxidation sites excluding steroid dienone is 1. The number of carbonyl (C=O) groups excluding carboxylic acids is 1. The monoisotopic (exact) mass is 372 g/mol. The Hall–Kier alpha value is -1.28. The molecule has 1 aromatic rings. The number of carbonyl (C=O) groups is 1. The summed E-state index contributed by atoms with van der Waals surface area (Å²) < 4.78 is 5.90. The molecule has 3 aliphatic carbocycles. The average Bonchev–Trinajstić information content (AvgIpc) is 2.96. The fourth-order valence-corrected chi connectivity index (χ4v) is 5.86. The Morgan fingerprint density at radius 3 is 2.96 bits per heavy atom. The standard InChI is InChI=1S/C23H29ClO2/c1-15(14-24)10-12-26-17-4-6-18-16(13-17)3-5-20-19(18)9-11-23(2)21(20)7-8-22(23)25/h4,6,10,13,19-21H,3,5,7-9,11-12,14H2,1-2H3/b15-10+/t19-,20-,21+,23+/m1/s1. The molecule has 4 atom stereocenters. The maximum absolute atomic E-state index is 12.4. The molecular formula is C23H29ClO2. The van der Waals surface area contributed by atoms with Gasteiger partial charge in [0.25, 0.3) is 0 Å². The lowest BCUT2D eigenvalue weighted by Gasteiger charge is -2.48. The van der Waals surface area contributed by atoms with Gasteiger partial charge in [-0.25, -0.2) is 0 Å². The highest BCUT2D eigenvalue weighted by Crippen LogP contribution is 2.59. The molecule has 0 amide bonds. The minimum Gasteiger partial charge on any atom is -0.490 e. The number of ketones is 1. The van der Waals surface area contributed by atoms with Gasteiger partial charge in [-0.15, -0.1) is 11.6 Å². The van der Waals surface area contributed by atoms with Crippen LogP contribution in [0, 0.1) is 17.3 Å². The number of hydrogen-bond donors (Lipinski definition) is 0. The van der Waals surface area contributed by atoms with E-state index >= 15 is 0 Å². The third-order valence-corrected chi connectivity index (χ3v) is 7.72. The molecule has 2 fully saturated rings. The molecule has 0 unspecified atom stereocenters. The van der Waals surface area contributed by atoms with Gasteiger partial charge in [-0.2, -0.15) is 0 Å². The molecule has 0 heterocycles. The molecule has 4 rings (SSSR count). The summed E-state index contributed by atoms with van der Waals surface area (Å²) >= 11 is 5.81. The van der Waals surface area contributed by atoms with E-state index in [1.165, 1.54) is 17.5 Å². The number of hydrogen-bond acceptors (Lipinski definition) is 2. The van der Waals surface area contributed by atoms with Crippen LogP contribution in [0.4, 0.5) is 0 Å². The van der Waals surface area contributed by atoms with Crippen molar-refractivity contribution in [2.45, 2.75) is 58.3 Å². The lowest BCUT2D eigenvalue weighted by atomic mass is 9.55. The molecule has 140 valence electrons. The van der Waals surface area contributed by atoms with Crippen LogP contribution in [-0.4, -0.2) is 18.3 Å². The van der Waals surface area contributed by atoms with Crippen LogP contribution < -0.4 is 4.74 Å². The van der Waals surface area contributed by atoms with Gasteiger partial charge in [-0.3, -0.25) is 4.79 Å². The van der Waals surface area contributed by atoms with E-state index in [1.54, 1.807) is 0 Å². The summed E-state index contributed by atoms with van der Waals surface area (Å²) in [5.41, 5.74) is 4.08. The number of Topliss-reactive ketones (excluding diaryl/α,β-unsaturated/α-hetero) is 1. The van der Waals surface area contributed by atoms with Crippen molar-refractivity contribution < 1.29 is 9.53 Å². The Morgan fingerprint density at radius 2 is 2.15 bits per heavy atom. The second kappa shape index (κ2) is 7.03. The highest BCUT2D eigenvalue weighted by molar-refractivity contribution is 6.19. The predicted octanol–water partition coefficient (Wildman–Crippen LogP) is 5.68. The normalized spacial score (nSPS) is 33.4. The van der Waals surface area contributed by atoms with Crippen molar-refractivity contribution in [1.29, 1.82) is 0 Å². The highest BCUT2D eigenvalue weighted by atomic mass is 35.5. The lowest BCUT2D eigenvalue weighted by Crippen LogP contribution is -2.42. The van der Waals surface area contributed by atoms with Gasteiger partial charge in [0.2, 0.25) is 0 Å². The molecule has 0 saturated heterocycles. The first kappa shape index (κ1) is 18.1. The first-order valence-corrected chi connectivity index (χ1v) is 10.6. The largest absolute Gasteiger partial charge is 0.490 e. The van der Waals surface area contributed by atoms with E-state index in [4.69, 9.17) is 16.3 Å². The first-order valence-electron chi connectivity index (χ1n) is 10.0. The topological polar surface area (TPSA) is 26.3 Å². The summed E-state index contributed by atoms with van der Waals surface area (Å²) in [4.78, 5) is 12.4. The van der Waals surface area contributed by atoms with Gasteiger partial charge in [-0.05, 0) is 86.1 Å². The smallest absolute Gasteiger partial charge is 0.139 e. The fraction of sp³-hybridized carbons (Fsp3) is 0.609. The van der Waals surface area contributed by atoms with E-state index in [9.17, 15) is 4.79 Å². The van der Waals surface area contributed by atoms with E-state index in [-0.39, 0.29) is 5.41 Å². The Labute approximate surface area is 162 Å². The zero-order valence-electron chi connectivity index (χ0n) is 15.9. The van der Waals surface area contributed by atoms with Gasteiger partial charge in [0, 0.05) is 17.7 Å². The zero-order chi connectivity index (χ0) is 18.3.